The van der Waals surface area contributed by atoms with E-state index >= 15 is 0 Å². The number of rotatable bonds is 5. The largest absolute Gasteiger partial charge is 0.497 e. The van der Waals surface area contributed by atoms with Gasteiger partial charge in [-0.25, -0.2) is 0 Å². The number of pyridine rings is 1. The fourth-order valence-electron chi connectivity index (χ4n) is 3.56. The molecule has 144 valence electrons. The molecule has 0 saturated carbocycles. The number of benzene rings is 1. The Kier molecular flexibility index (Phi) is 4.60. The maximum atomic E-state index is 13.3. The highest BCUT2D eigenvalue weighted by Crippen LogP contribution is 2.38. The summed E-state index contributed by atoms with van der Waals surface area (Å²) in [7, 11) is 5.43. The van der Waals surface area contributed by atoms with Gasteiger partial charge in [-0.2, -0.15) is 0 Å². The molecule has 0 fully saturated rings. The molecule has 4 rings (SSSR count). The van der Waals surface area contributed by atoms with Crippen LogP contribution in [0.25, 0.3) is 11.0 Å². The van der Waals surface area contributed by atoms with E-state index in [-0.39, 0.29) is 17.1 Å². The highest BCUT2D eigenvalue weighted by atomic mass is 16.5. The number of amides is 1. The first-order chi connectivity index (χ1) is 13.5. The summed E-state index contributed by atoms with van der Waals surface area (Å²) in [5, 5.41) is 0.431. The monoisotopic (exact) mass is 379 g/mol. The van der Waals surface area contributed by atoms with E-state index in [1.165, 1.54) is 0 Å². The summed E-state index contributed by atoms with van der Waals surface area (Å²) >= 11 is 0. The van der Waals surface area contributed by atoms with E-state index in [1.807, 2.05) is 31.1 Å². The zero-order valence-corrected chi connectivity index (χ0v) is 16.0. The van der Waals surface area contributed by atoms with E-state index in [0.29, 0.717) is 35.4 Å². The molecular formula is C21H21N3O4. The van der Waals surface area contributed by atoms with E-state index in [2.05, 4.69) is 4.98 Å². The Balaban J connectivity index is 1.93. The normalized spacial score (nSPS) is 16.1. The van der Waals surface area contributed by atoms with Crippen LogP contribution in [0.1, 0.15) is 27.7 Å². The van der Waals surface area contributed by atoms with E-state index in [4.69, 9.17) is 9.15 Å². The number of hydrogen-bond donors (Lipinski definition) is 0. The van der Waals surface area contributed by atoms with E-state index < -0.39 is 6.04 Å². The van der Waals surface area contributed by atoms with Crippen LogP contribution in [-0.2, 0) is 0 Å². The number of aromatic nitrogens is 1. The van der Waals surface area contributed by atoms with Crippen molar-refractivity contribution in [3.8, 4) is 5.75 Å². The average Bonchev–Trinajstić information content (AvgIpc) is 2.99. The number of fused-ring (bicyclic) bond motifs is 2. The van der Waals surface area contributed by atoms with Gasteiger partial charge in [-0.1, -0.05) is 0 Å². The molecule has 7 heteroatoms. The van der Waals surface area contributed by atoms with Gasteiger partial charge in [-0.15, -0.1) is 0 Å². The molecule has 3 aromatic rings. The Labute approximate surface area is 162 Å². The van der Waals surface area contributed by atoms with Crippen LogP contribution in [0.4, 0.5) is 0 Å². The highest BCUT2D eigenvalue weighted by molar-refractivity contribution is 5.99. The minimum atomic E-state index is -0.492. The van der Waals surface area contributed by atoms with Crippen LogP contribution in [0.3, 0.4) is 0 Å². The molecule has 0 spiro atoms. The van der Waals surface area contributed by atoms with Gasteiger partial charge in [0.05, 0.1) is 24.1 Å². The second-order valence-electron chi connectivity index (χ2n) is 7.02. The first-order valence-electron chi connectivity index (χ1n) is 9.01. The van der Waals surface area contributed by atoms with Crippen LogP contribution >= 0.6 is 0 Å². The summed E-state index contributed by atoms with van der Waals surface area (Å²) in [5.74, 6) is 0.392. The van der Waals surface area contributed by atoms with Crippen molar-refractivity contribution in [3.63, 3.8) is 0 Å². The van der Waals surface area contributed by atoms with Crippen molar-refractivity contribution < 1.29 is 13.9 Å². The predicted molar refractivity (Wildman–Crippen MR) is 105 cm³/mol. The van der Waals surface area contributed by atoms with E-state index in [0.717, 1.165) is 5.56 Å². The number of ether oxygens (including phenoxy) is 1. The third-order valence-corrected chi connectivity index (χ3v) is 4.98. The topological polar surface area (TPSA) is 75.9 Å². The maximum Gasteiger partial charge on any atom is 0.290 e. The van der Waals surface area contributed by atoms with Crippen molar-refractivity contribution in [1.29, 1.82) is 0 Å². The second kappa shape index (κ2) is 7.09. The van der Waals surface area contributed by atoms with Gasteiger partial charge >= 0.3 is 0 Å². The molecule has 0 aliphatic carbocycles. The zero-order valence-electron chi connectivity index (χ0n) is 16.0. The van der Waals surface area contributed by atoms with Crippen LogP contribution in [0, 0.1) is 0 Å². The molecule has 28 heavy (non-hydrogen) atoms. The summed E-state index contributed by atoms with van der Waals surface area (Å²) in [6, 6.07) is 8.19. The van der Waals surface area contributed by atoms with Gasteiger partial charge in [0.15, 0.2) is 5.43 Å². The van der Waals surface area contributed by atoms with E-state index in [1.54, 1.807) is 42.6 Å². The Bertz CT molecular complexity index is 1090. The lowest BCUT2D eigenvalue weighted by Gasteiger charge is -2.26. The lowest BCUT2D eigenvalue weighted by Crippen LogP contribution is -2.35. The molecule has 0 radical (unpaired) electrons. The Hall–Kier alpha value is -3.19. The molecule has 1 aliphatic rings. The molecule has 1 amide bonds. The quantitative estimate of drug-likeness (QED) is 0.677. The molecular weight excluding hydrogens is 358 g/mol. The van der Waals surface area contributed by atoms with Gasteiger partial charge in [-0.3, -0.25) is 14.6 Å². The van der Waals surface area contributed by atoms with Gasteiger partial charge in [0.25, 0.3) is 5.91 Å². The van der Waals surface area contributed by atoms with Gasteiger partial charge < -0.3 is 19.0 Å². The summed E-state index contributed by atoms with van der Waals surface area (Å²) in [6.45, 7) is 1.14. The third kappa shape index (κ3) is 2.93. The number of likely N-dealkylation sites (N-methyl/N-ethyl adjacent to an activating group) is 1. The predicted octanol–water partition coefficient (Wildman–Crippen LogP) is 2.30. The van der Waals surface area contributed by atoms with Crippen molar-refractivity contribution in [2.45, 2.75) is 6.04 Å². The molecule has 1 aromatic carbocycles. The van der Waals surface area contributed by atoms with Crippen molar-refractivity contribution in [3.05, 3.63) is 69.8 Å². The van der Waals surface area contributed by atoms with Crippen LogP contribution in [0.5, 0.6) is 5.75 Å². The number of carbonyl (C=O) groups is 1. The summed E-state index contributed by atoms with van der Waals surface area (Å²) in [6.07, 6.45) is 3.32. The minimum absolute atomic E-state index is 0.103. The second-order valence-corrected chi connectivity index (χ2v) is 7.02. The molecule has 0 unspecified atom stereocenters. The Morgan fingerprint density at radius 1 is 1.18 bits per heavy atom. The minimum Gasteiger partial charge on any atom is -0.497 e. The molecule has 3 heterocycles. The molecule has 1 atom stereocenters. The molecule has 1 aliphatic heterocycles. The summed E-state index contributed by atoms with van der Waals surface area (Å²) < 4.78 is 11.1. The van der Waals surface area contributed by atoms with Gasteiger partial charge in [0.2, 0.25) is 5.76 Å². The van der Waals surface area contributed by atoms with Gasteiger partial charge in [0, 0.05) is 31.5 Å². The molecule has 0 saturated heterocycles. The molecule has 0 N–H and O–H groups in total. The Morgan fingerprint density at radius 3 is 2.61 bits per heavy atom. The summed E-state index contributed by atoms with van der Waals surface area (Å²) in [4.78, 5) is 34.2. The van der Waals surface area contributed by atoms with Crippen LogP contribution in [0.15, 0.2) is 51.9 Å². The van der Waals surface area contributed by atoms with Crippen molar-refractivity contribution in [2.24, 2.45) is 0 Å². The highest BCUT2D eigenvalue weighted by Gasteiger charge is 2.42. The van der Waals surface area contributed by atoms with E-state index in [9.17, 15) is 9.59 Å². The van der Waals surface area contributed by atoms with Crippen molar-refractivity contribution in [1.82, 2.24) is 14.8 Å². The third-order valence-electron chi connectivity index (χ3n) is 4.98. The zero-order chi connectivity index (χ0) is 19.8. The van der Waals surface area contributed by atoms with Crippen LogP contribution in [-0.4, -0.2) is 55.0 Å². The average molecular weight is 379 g/mol. The lowest BCUT2D eigenvalue weighted by atomic mass is 9.99. The number of nitrogens with zero attached hydrogens (tertiary/aromatic N) is 3. The number of carbonyl (C=O) groups excluding carboxylic acids is 1. The summed E-state index contributed by atoms with van der Waals surface area (Å²) in [5.41, 5.74) is 1.37. The molecule has 2 aromatic heterocycles. The smallest absolute Gasteiger partial charge is 0.290 e. The number of methoxy groups -OCH3 is 1. The maximum absolute atomic E-state index is 13.3. The van der Waals surface area contributed by atoms with Crippen LogP contribution < -0.4 is 10.2 Å². The number of hydrogen-bond acceptors (Lipinski definition) is 6. The standard InChI is InChI=1S/C21H21N3O4/c1-23(2)10-11-24-18(13-6-8-22-9-7-13)17-19(25)15-5-4-14(27-3)12-16(15)28-20(17)21(24)26/h4-9,12,18H,10-11H2,1-3H3/t18-/m1/s1. The van der Waals surface area contributed by atoms with Crippen molar-refractivity contribution >= 4 is 16.9 Å². The van der Waals surface area contributed by atoms with Crippen LogP contribution in [0.2, 0.25) is 0 Å². The van der Waals surface area contributed by atoms with Gasteiger partial charge in [0.1, 0.15) is 11.3 Å². The fourth-order valence-corrected chi connectivity index (χ4v) is 3.56. The first kappa shape index (κ1) is 18.2. The SMILES string of the molecule is COc1ccc2c(=O)c3c(oc2c1)C(=O)N(CCN(C)C)[C@@H]3c1ccncc1. The molecule has 7 nitrogen and oxygen atoms in total. The van der Waals surface area contributed by atoms with Gasteiger partial charge in [-0.05, 0) is 43.9 Å². The first-order valence-corrected chi connectivity index (χ1v) is 9.01. The van der Waals surface area contributed by atoms with Crippen molar-refractivity contribution in [2.75, 3.05) is 34.3 Å². The fraction of sp³-hybridized carbons (Fsp3) is 0.286. The molecule has 0 bridgehead atoms. The Morgan fingerprint density at radius 2 is 1.93 bits per heavy atom. The lowest BCUT2D eigenvalue weighted by molar-refractivity contribution is 0.0716.